The minimum atomic E-state index is 0.105. The minimum absolute atomic E-state index is 0.105. The van der Waals surface area contributed by atoms with Gasteiger partial charge in [-0.25, -0.2) is 4.68 Å². The summed E-state index contributed by atoms with van der Waals surface area (Å²) in [5.74, 6) is 1.17. The first kappa shape index (κ1) is 8.94. The number of halogens is 1. The molecule has 0 atom stereocenters. The van der Waals surface area contributed by atoms with Gasteiger partial charge in [0.2, 0.25) is 0 Å². The molecule has 1 aromatic rings. The van der Waals surface area contributed by atoms with Gasteiger partial charge >= 0.3 is 0 Å². The molecule has 0 aliphatic heterocycles. The molecule has 0 bridgehead atoms. The Labute approximate surface area is 82.3 Å². The topological polar surface area (TPSA) is 43.6 Å². The van der Waals surface area contributed by atoms with Crippen molar-refractivity contribution in [3.05, 3.63) is 5.82 Å². The first-order valence-electron chi connectivity index (χ1n) is 4.60. The lowest BCUT2D eigenvalue weighted by Crippen LogP contribution is -2.29. The van der Waals surface area contributed by atoms with E-state index in [-0.39, 0.29) is 5.54 Å². The van der Waals surface area contributed by atoms with Gasteiger partial charge in [-0.3, -0.25) is 0 Å². The molecule has 1 saturated carbocycles. The van der Waals surface area contributed by atoms with Gasteiger partial charge in [0.05, 0.1) is 11.4 Å². The first-order valence-corrected chi connectivity index (χ1v) is 5.13. The fourth-order valence-electron chi connectivity index (χ4n) is 2.06. The zero-order valence-corrected chi connectivity index (χ0v) is 8.46. The zero-order valence-electron chi connectivity index (χ0n) is 7.70. The monoisotopic (exact) mass is 200 g/mol. The molecule has 0 unspecified atom stereocenters. The van der Waals surface area contributed by atoms with Crippen LogP contribution in [0.3, 0.4) is 0 Å². The number of aromatic nitrogens is 4. The second kappa shape index (κ2) is 3.25. The lowest BCUT2D eigenvalue weighted by molar-refractivity contribution is 0.282. The van der Waals surface area contributed by atoms with Crippen LogP contribution >= 0.6 is 11.6 Å². The van der Waals surface area contributed by atoms with Crippen molar-refractivity contribution in [3.8, 4) is 0 Å². The van der Waals surface area contributed by atoms with Crippen molar-refractivity contribution >= 4 is 11.6 Å². The smallest absolute Gasteiger partial charge is 0.166 e. The van der Waals surface area contributed by atoms with Crippen LogP contribution in [0.2, 0.25) is 0 Å². The average molecular weight is 201 g/mol. The van der Waals surface area contributed by atoms with Crippen molar-refractivity contribution in [1.82, 2.24) is 20.2 Å². The van der Waals surface area contributed by atoms with Gasteiger partial charge in [0.1, 0.15) is 0 Å². The highest BCUT2D eigenvalue weighted by Crippen LogP contribution is 2.35. The molecule has 1 heterocycles. The van der Waals surface area contributed by atoms with Crippen molar-refractivity contribution in [2.75, 3.05) is 0 Å². The van der Waals surface area contributed by atoms with Crippen LogP contribution in [-0.4, -0.2) is 20.2 Å². The lowest BCUT2D eigenvalue weighted by atomic mass is 10.0. The third-order valence-corrected chi connectivity index (χ3v) is 3.08. The molecule has 0 amide bonds. The average Bonchev–Trinajstić information content (AvgIpc) is 2.72. The summed E-state index contributed by atoms with van der Waals surface area (Å²) in [5, 5.41) is 11.6. The second-order valence-electron chi connectivity index (χ2n) is 3.84. The Bertz CT molecular complexity index is 290. The van der Waals surface area contributed by atoms with Crippen LogP contribution in [0, 0.1) is 0 Å². The molecule has 2 rings (SSSR count). The Hall–Kier alpha value is -0.640. The van der Waals surface area contributed by atoms with Crippen molar-refractivity contribution in [2.24, 2.45) is 0 Å². The second-order valence-corrected chi connectivity index (χ2v) is 4.11. The quantitative estimate of drug-likeness (QED) is 0.683. The molecule has 5 heteroatoms. The van der Waals surface area contributed by atoms with E-state index in [1.165, 1.54) is 12.8 Å². The molecule has 1 aromatic heterocycles. The molecule has 1 aliphatic carbocycles. The highest BCUT2D eigenvalue weighted by molar-refractivity contribution is 6.16. The van der Waals surface area contributed by atoms with E-state index >= 15 is 0 Å². The molecule has 1 fully saturated rings. The molecular weight excluding hydrogens is 188 g/mol. The predicted octanol–water partition coefficient (Wildman–Crippen LogP) is 1.70. The summed E-state index contributed by atoms with van der Waals surface area (Å²) in [6.07, 6.45) is 4.83. The maximum Gasteiger partial charge on any atom is 0.166 e. The Morgan fingerprint density at radius 1 is 1.46 bits per heavy atom. The van der Waals surface area contributed by atoms with Crippen LogP contribution in [0.5, 0.6) is 0 Å². The molecule has 0 spiro atoms. The first-order chi connectivity index (χ1) is 6.26. The fourth-order valence-corrected chi connectivity index (χ4v) is 2.22. The van der Waals surface area contributed by atoms with Crippen LogP contribution in [0.4, 0.5) is 0 Å². The van der Waals surface area contributed by atoms with E-state index in [1.54, 1.807) is 0 Å². The normalized spacial score (nSPS) is 20.8. The summed E-state index contributed by atoms with van der Waals surface area (Å²) in [5.41, 5.74) is 0.105. The summed E-state index contributed by atoms with van der Waals surface area (Å²) in [7, 11) is 0. The molecule has 4 nitrogen and oxygen atoms in total. The number of nitrogens with zero attached hydrogens (tertiary/aromatic N) is 4. The lowest BCUT2D eigenvalue weighted by Gasteiger charge is -2.24. The maximum atomic E-state index is 5.75. The van der Waals surface area contributed by atoms with Gasteiger partial charge in [-0.15, -0.1) is 16.7 Å². The van der Waals surface area contributed by atoms with Crippen molar-refractivity contribution in [3.63, 3.8) is 0 Å². The highest BCUT2D eigenvalue weighted by atomic mass is 35.5. The molecule has 13 heavy (non-hydrogen) atoms. The van der Waals surface area contributed by atoms with E-state index in [4.69, 9.17) is 11.6 Å². The number of hydrogen-bond acceptors (Lipinski definition) is 3. The minimum Gasteiger partial charge on any atom is -0.223 e. The maximum absolute atomic E-state index is 5.75. The predicted molar refractivity (Wildman–Crippen MR) is 49.5 cm³/mol. The van der Waals surface area contributed by atoms with E-state index in [0.29, 0.717) is 5.88 Å². The van der Waals surface area contributed by atoms with E-state index in [0.717, 1.165) is 18.7 Å². The SMILES string of the molecule is CC1(n2nnnc2CCl)CCCC1. The van der Waals surface area contributed by atoms with Crippen LogP contribution in [-0.2, 0) is 11.4 Å². The van der Waals surface area contributed by atoms with E-state index in [9.17, 15) is 0 Å². The van der Waals surface area contributed by atoms with Crippen LogP contribution in [0.1, 0.15) is 38.4 Å². The third kappa shape index (κ3) is 1.43. The summed E-state index contributed by atoms with van der Waals surface area (Å²) in [4.78, 5) is 0. The van der Waals surface area contributed by atoms with Crippen molar-refractivity contribution < 1.29 is 0 Å². The van der Waals surface area contributed by atoms with Crippen LogP contribution in [0.15, 0.2) is 0 Å². The molecule has 0 radical (unpaired) electrons. The number of alkyl halides is 1. The number of hydrogen-bond donors (Lipinski definition) is 0. The summed E-state index contributed by atoms with van der Waals surface area (Å²) in [6, 6.07) is 0. The van der Waals surface area contributed by atoms with Crippen LogP contribution in [0.25, 0.3) is 0 Å². The third-order valence-electron chi connectivity index (χ3n) is 2.85. The van der Waals surface area contributed by atoms with E-state index in [2.05, 4.69) is 22.4 Å². The van der Waals surface area contributed by atoms with Gasteiger partial charge in [-0.1, -0.05) is 12.8 Å². The zero-order chi connectivity index (χ0) is 9.31. The molecule has 0 saturated heterocycles. The van der Waals surface area contributed by atoms with Gasteiger partial charge < -0.3 is 0 Å². The molecule has 1 aliphatic rings. The fraction of sp³-hybridized carbons (Fsp3) is 0.875. The highest BCUT2D eigenvalue weighted by Gasteiger charge is 2.33. The number of tetrazole rings is 1. The van der Waals surface area contributed by atoms with Gasteiger partial charge in [0, 0.05) is 0 Å². The Morgan fingerprint density at radius 2 is 2.15 bits per heavy atom. The number of rotatable bonds is 2. The van der Waals surface area contributed by atoms with Crippen molar-refractivity contribution in [2.45, 2.75) is 44.0 Å². The Balaban J connectivity index is 2.32. The molecule has 72 valence electrons. The van der Waals surface area contributed by atoms with Crippen molar-refractivity contribution in [1.29, 1.82) is 0 Å². The van der Waals surface area contributed by atoms with E-state index < -0.39 is 0 Å². The molecular formula is C8H13ClN4. The van der Waals surface area contributed by atoms with Gasteiger partial charge in [0.15, 0.2) is 5.82 Å². The van der Waals surface area contributed by atoms with Gasteiger partial charge in [-0.2, -0.15) is 0 Å². The summed E-state index contributed by atoms with van der Waals surface area (Å²) >= 11 is 5.75. The van der Waals surface area contributed by atoms with Crippen LogP contribution < -0.4 is 0 Å². The molecule has 0 aromatic carbocycles. The molecule has 0 N–H and O–H groups in total. The summed E-state index contributed by atoms with van der Waals surface area (Å²) < 4.78 is 1.90. The van der Waals surface area contributed by atoms with E-state index in [1.807, 2.05) is 4.68 Å². The van der Waals surface area contributed by atoms with Gasteiger partial charge in [-0.05, 0) is 30.2 Å². The standard InChI is InChI=1S/C8H13ClN4/c1-8(4-2-3-5-8)13-7(6-9)10-11-12-13/h2-6H2,1H3. The Morgan fingerprint density at radius 3 is 2.77 bits per heavy atom. The Kier molecular flexibility index (Phi) is 2.24. The summed E-state index contributed by atoms with van der Waals surface area (Å²) in [6.45, 7) is 2.20. The largest absolute Gasteiger partial charge is 0.223 e. The van der Waals surface area contributed by atoms with Gasteiger partial charge in [0.25, 0.3) is 0 Å².